The largest absolute Gasteiger partial charge is 0.497 e. The van der Waals surface area contributed by atoms with E-state index in [9.17, 15) is 14.9 Å². The molecule has 0 saturated carbocycles. The average molecular weight is 353 g/mol. The Morgan fingerprint density at radius 1 is 1.32 bits per heavy atom. The first-order valence-electron chi connectivity index (χ1n) is 10.4. The lowest BCUT2D eigenvalue weighted by Gasteiger charge is -2.13. The molecule has 0 spiro atoms. The second-order valence-electron chi connectivity index (χ2n) is 5.00. The molecule has 7 nitrogen and oxygen atoms in total. The van der Waals surface area contributed by atoms with Gasteiger partial charge in [-0.1, -0.05) is 24.3 Å². The standard InChI is InChI=1S/C18H21NO6/c1-13(18(20)24-9-3-4-10-25-19(21)22)14-5-6-16-12-17(23-2)8-7-15(16)11-14/h5-8,11-13H,3-4,9-10H2,1-2H3/t13-/m0/s1/i1D3,10D2,13D. The van der Waals surface area contributed by atoms with E-state index in [-0.39, 0.29) is 12.0 Å². The number of ether oxygens (including phenoxy) is 2. The van der Waals surface area contributed by atoms with Gasteiger partial charge in [-0.3, -0.25) is 4.79 Å². The van der Waals surface area contributed by atoms with E-state index in [0.29, 0.717) is 11.1 Å². The second kappa shape index (κ2) is 8.86. The van der Waals surface area contributed by atoms with Gasteiger partial charge in [-0.15, -0.1) is 10.1 Å². The quantitative estimate of drug-likeness (QED) is 0.297. The summed E-state index contributed by atoms with van der Waals surface area (Å²) in [6.07, 6.45) is -0.654. The number of rotatable bonds is 9. The average Bonchev–Trinajstić information content (AvgIpc) is 2.67. The maximum atomic E-state index is 12.6. The monoisotopic (exact) mass is 353 g/mol. The Bertz CT molecular complexity index is 966. The molecule has 0 amide bonds. The number of methoxy groups -OCH3 is 1. The molecule has 0 fully saturated rings. The topological polar surface area (TPSA) is 87.9 Å². The van der Waals surface area contributed by atoms with Crippen LogP contribution in [0.4, 0.5) is 0 Å². The van der Waals surface area contributed by atoms with Gasteiger partial charge in [-0.25, -0.2) is 0 Å². The van der Waals surface area contributed by atoms with Crippen LogP contribution in [0, 0.1) is 10.1 Å². The summed E-state index contributed by atoms with van der Waals surface area (Å²) in [6.45, 7) is -6.09. The smallest absolute Gasteiger partial charge is 0.313 e. The normalized spacial score (nSPS) is 17.6. The van der Waals surface area contributed by atoms with E-state index >= 15 is 0 Å². The van der Waals surface area contributed by atoms with Crippen molar-refractivity contribution in [3.8, 4) is 5.75 Å². The number of hydrogen-bond donors (Lipinski definition) is 0. The molecule has 0 aliphatic heterocycles. The van der Waals surface area contributed by atoms with Crippen LogP contribution >= 0.6 is 0 Å². The number of carbonyl (C=O) groups is 1. The Kier molecular flexibility index (Phi) is 4.14. The minimum absolute atomic E-state index is 0.0952. The van der Waals surface area contributed by atoms with Gasteiger partial charge in [0.25, 0.3) is 5.09 Å². The zero-order valence-corrected chi connectivity index (χ0v) is 13.5. The van der Waals surface area contributed by atoms with Gasteiger partial charge in [0.2, 0.25) is 0 Å². The molecule has 2 rings (SSSR count). The zero-order valence-electron chi connectivity index (χ0n) is 19.5. The molecule has 1 atom stereocenters. The van der Waals surface area contributed by atoms with Crippen LogP contribution in [0.2, 0.25) is 0 Å². The first kappa shape index (κ1) is 11.7. The van der Waals surface area contributed by atoms with Crippen LogP contribution in [0.3, 0.4) is 0 Å². The predicted octanol–water partition coefficient (Wildman–Crippen LogP) is 3.48. The molecular weight excluding hydrogens is 326 g/mol. The van der Waals surface area contributed by atoms with Crippen molar-refractivity contribution in [3.63, 3.8) is 0 Å². The summed E-state index contributed by atoms with van der Waals surface area (Å²) >= 11 is 0. The van der Waals surface area contributed by atoms with E-state index in [4.69, 9.17) is 17.7 Å². The van der Waals surface area contributed by atoms with E-state index in [0.717, 1.165) is 5.39 Å². The van der Waals surface area contributed by atoms with Gasteiger partial charge in [-0.05, 0) is 48.2 Å². The minimum Gasteiger partial charge on any atom is -0.497 e. The Morgan fingerprint density at radius 2 is 2.08 bits per heavy atom. The third-order valence-electron chi connectivity index (χ3n) is 3.34. The predicted molar refractivity (Wildman–Crippen MR) is 92.1 cm³/mol. The second-order valence-corrected chi connectivity index (χ2v) is 5.00. The van der Waals surface area contributed by atoms with Crippen molar-refractivity contribution >= 4 is 16.7 Å². The summed E-state index contributed by atoms with van der Waals surface area (Å²) in [5.41, 5.74) is -0.0952. The lowest BCUT2D eigenvalue weighted by atomic mass is 9.98. The lowest BCUT2D eigenvalue weighted by Crippen LogP contribution is -2.14. The number of benzene rings is 2. The summed E-state index contributed by atoms with van der Waals surface area (Å²) in [5.74, 6) is -3.47. The summed E-state index contributed by atoms with van der Waals surface area (Å²) in [4.78, 5) is 26.7. The lowest BCUT2D eigenvalue weighted by molar-refractivity contribution is -0.757. The van der Waals surface area contributed by atoms with Crippen molar-refractivity contribution in [3.05, 3.63) is 52.1 Å². The molecule has 0 aromatic heterocycles. The van der Waals surface area contributed by atoms with Crippen LogP contribution < -0.4 is 4.74 Å². The molecule has 0 unspecified atom stereocenters. The minimum atomic E-state index is -3.06. The highest BCUT2D eigenvalue weighted by Crippen LogP contribution is 2.25. The van der Waals surface area contributed by atoms with E-state index in [1.54, 1.807) is 24.3 Å². The molecule has 0 N–H and O–H groups in total. The van der Waals surface area contributed by atoms with Crippen LogP contribution in [-0.4, -0.2) is 31.3 Å². The number of fused-ring (bicyclic) bond motifs is 1. The summed E-state index contributed by atoms with van der Waals surface area (Å²) in [6, 6.07) is 9.38. The van der Waals surface area contributed by atoms with Gasteiger partial charge in [-0.2, -0.15) is 0 Å². The molecule has 0 aliphatic carbocycles. The van der Waals surface area contributed by atoms with Crippen molar-refractivity contribution in [1.82, 2.24) is 0 Å². The third-order valence-corrected chi connectivity index (χ3v) is 3.34. The Hall–Kier alpha value is -2.83. The molecule has 0 aliphatic rings. The molecule has 7 heteroatoms. The number of hydrogen-bond acceptors (Lipinski definition) is 6. The van der Waals surface area contributed by atoms with Gasteiger partial charge in [0, 0.05) is 5.48 Å². The fourth-order valence-corrected chi connectivity index (χ4v) is 2.10. The summed E-state index contributed by atoms with van der Waals surface area (Å²) in [5, 5.41) is 10.3. The molecular formula is C18H21NO6. The van der Waals surface area contributed by atoms with Gasteiger partial charge in [0.1, 0.15) is 5.75 Å². The maximum absolute atomic E-state index is 12.6. The third kappa shape index (κ3) is 5.34. The highest BCUT2D eigenvalue weighted by Gasteiger charge is 2.17. The van der Waals surface area contributed by atoms with E-state index in [1.165, 1.54) is 19.2 Å². The first-order chi connectivity index (χ1) is 14.3. The fraction of sp³-hybridized carbons (Fsp3) is 0.389. The van der Waals surface area contributed by atoms with E-state index in [2.05, 4.69) is 4.84 Å². The summed E-state index contributed by atoms with van der Waals surface area (Å²) in [7, 11) is 1.50. The van der Waals surface area contributed by atoms with Crippen LogP contribution in [0.5, 0.6) is 5.75 Å². The first-order valence-corrected chi connectivity index (χ1v) is 7.39. The van der Waals surface area contributed by atoms with E-state index < -0.39 is 43.4 Å². The molecule has 0 bridgehead atoms. The molecule has 134 valence electrons. The SMILES string of the molecule is [2H]C([2H])(CCCOC(=O)[C@]([2H])(c1ccc2cc(OC)ccc2c1)C([2H])([2H])[2H])O[N+](=O)[O-]. The molecule has 0 radical (unpaired) electrons. The zero-order chi connectivity index (χ0) is 23.4. The number of carbonyl (C=O) groups excluding carboxylic acids is 1. The fourth-order valence-electron chi connectivity index (χ4n) is 2.10. The number of esters is 1. The van der Waals surface area contributed by atoms with Gasteiger partial charge in [0.05, 0.1) is 28.9 Å². The Morgan fingerprint density at radius 3 is 2.80 bits per heavy atom. The van der Waals surface area contributed by atoms with Crippen molar-refractivity contribution in [2.24, 2.45) is 0 Å². The summed E-state index contributed by atoms with van der Waals surface area (Å²) < 4.78 is 56.5. The molecule has 0 saturated heterocycles. The van der Waals surface area contributed by atoms with Crippen molar-refractivity contribution < 1.29 is 32.4 Å². The molecule has 25 heavy (non-hydrogen) atoms. The van der Waals surface area contributed by atoms with E-state index in [1.807, 2.05) is 0 Å². The van der Waals surface area contributed by atoms with Gasteiger partial charge in [0.15, 0.2) is 0 Å². The van der Waals surface area contributed by atoms with Crippen molar-refractivity contribution in [2.75, 3.05) is 20.3 Å². The Balaban J connectivity index is 2.21. The highest BCUT2D eigenvalue weighted by molar-refractivity contribution is 5.86. The van der Waals surface area contributed by atoms with Gasteiger partial charge >= 0.3 is 5.97 Å². The number of nitrogens with zero attached hydrogens (tertiary/aromatic N) is 1. The van der Waals surface area contributed by atoms with Crippen LogP contribution in [-0.2, 0) is 14.4 Å². The molecule has 2 aromatic rings. The van der Waals surface area contributed by atoms with Crippen LogP contribution in [0.1, 0.15) is 39.4 Å². The van der Waals surface area contributed by atoms with Gasteiger partial charge < -0.3 is 14.3 Å². The Labute approximate surface area is 154 Å². The van der Waals surface area contributed by atoms with Crippen molar-refractivity contribution in [2.45, 2.75) is 25.6 Å². The molecule has 0 heterocycles. The van der Waals surface area contributed by atoms with Crippen LogP contribution in [0.15, 0.2) is 36.4 Å². The maximum Gasteiger partial charge on any atom is 0.313 e. The molecule has 2 aromatic carbocycles. The van der Waals surface area contributed by atoms with Crippen molar-refractivity contribution in [1.29, 1.82) is 0 Å². The highest BCUT2D eigenvalue weighted by atomic mass is 16.9. The van der Waals surface area contributed by atoms with Crippen LogP contribution in [0.25, 0.3) is 10.8 Å².